The van der Waals surface area contributed by atoms with E-state index in [2.05, 4.69) is 31.8 Å². The number of hydrogen-bond donors (Lipinski definition) is 1. The number of ketones is 1. The molecule has 1 aliphatic heterocycles. The lowest BCUT2D eigenvalue weighted by Gasteiger charge is -2.22. The zero-order valence-electron chi connectivity index (χ0n) is 20.6. The molecule has 0 spiro atoms. The summed E-state index contributed by atoms with van der Waals surface area (Å²) in [5, 5.41) is 11.7. The number of pyridine rings is 1. The van der Waals surface area contributed by atoms with E-state index >= 15 is 0 Å². The first-order valence-electron chi connectivity index (χ1n) is 11.9. The molecule has 4 aromatic rings. The zero-order valence-corrected chi connectivity index (χ0v) is 21.5. The molecule has 1 aliphatic rings. The largest absolute Gasteiger partial charge is 0.507 e. The Bertz CT molecular complexity index is 1500. The van der Waals surface area contributed by atoms with Gasteiger partial charge < -0.3 is 5.11 Å². The molecule has 182 valence electrons. The van der Waals surface area contributed by atoms with E-state index in [0.717, 1.165) is 27.8 Å². The predicted octanol–water partition coefficient (Wildman–Crippen LogP) is 6.18. The summed E-state index contributed by atoms with van der Waals surface area (Å²) in [6, 6.07) is 16.1. The molecule has 1 amide bonds. The van der Waals surface area contributed by atoms with Crippen molar-refractivity contribution in [1.82, 2.24) is 9.97 Å². The van der Waals surface area contributed by atoms with E-state index in [0.29, 0.717) is 16.3 Å². The second-order valence-electron chi connectivity index (χ2n) is 9.93. The van der Waals surface area contributed by atoms with Crippen LogP contribution in [0.15, 0.2) is 72.6 Å². The van der Waals surface area contributed by atoms with Crippen molar-refractivity contribution in [3.8, 4) is 0 Å². The smallest absolute Gasteiger partial charge is 0.301 e. The number of aryl methyl sites for hydroxylation is 1. The van der Waals surface area contributed by atoms with Crippen molar-refractivity contribution in [2.75, 3.05) is 4.90 Å². The van der Waals surface area contributed by atoms with Gasteiger partial charge in [-0.2, -0.15) is 0 Å². The van der Waals surface area contributed by atoms with Crippen molar-refractivity contribution in [1.29, 1.82) is 0 Å². The van der Waals surface area contributed by atoms with Gasteiger partial charge in [0.2, 0.25) is 0 Å². The van der Waals surface area contributed by atoms with Crippen LogP contribution >= 0.6 is 11.3 Å². The summed E-state index contributed by atoms with van der Waals surface area (Å²) in [6.07, 6.45) is 4.10. The fourth-order valence-electron chi connectivity index (χ4n) is 4.42. The van der Waals surface area contributed by atoms with E-state index in [1.54, 1.807) is 36.7 Å². The number of nitrogens with zero attached hydrogens (tertiary/aromatic N) is 3. The van der Waals surface area contributed by atoms with E-state index in [1.165, 1.54) is 16.2 Å². The molecule has 7 heteroatoms. The number of amides is 1. The Morgan fingerprint density at radius 2 is 1.83 bits per heavy atom. The number of aliphatic hydroxyl groups excluding tert-OH is 1. The molecule has 0 radical (unpaired) electrons. The second kappa shape index (κ2) is 8.99. The lowest BCUT2D eigenvalue weighted by Crippen LogP contribution is -2.29. The van der Waals surface area contributed by atoms with Gasteiger partial charge in [0.15, 0.2) is 5.13 Å². The average Bonchev–Trinajstić information content (AvgIpc) is 3.41. The summed E-state index contributed by atoms with van der Waals surface area (Å²) >= 11 is 1.36. The Hall–Kier alpha value is -3.84. The number of Topliss-reactive ketones (excluding diaryl/α,β-unsaturated/α-hetero) is 1. The second-order valence-corrected chi connectivity index (χ2v) is 10.9. The van der Waals surface area contributed by atoms with Crippen LogP contribution < -0.4 is 4.90 Å². The number of rotatable bonds is 4. The molecule has 1 N–H and O–H groups in total. The molecular weight excluding hydrogens is 470 g/mol. The van der Waals surface area contributed by atoms with Gasteiger partial charge in [-0.25, -0.2) is 4.98 Å². The Morgan fingerprint density at radius 1 is 1.08 bits per heavy atom. The first-order chi connectivity index (χ1) is 17.2. The molecule has 0 aliphatic carbocycles. The third-order valence-corrected chi connectivity index (χ3v) is 7.55. The molecule has 2 aromatic heterocycles. The number of anilines is 1. The molecule has 36 heavy (non-hydrogen) atoms. The number of aliphatic hydroxyl groups is 1. The van der Waals surface area contributed by atoms with Crippen LogP contribution in [0.1, 0.15) is 56.0 Å². The minimum Gasteiger partial charge on any atom is -0.507 e. The van der Waals surface area contributed by atoms with Crippen molar-refractivity contribution >= 4 is 44.1 Å². The number of benzene rings is 2. The highest BCUT2D eigenvalue weighted by Gasteiger charge is 2.48. The highest BCUT2D eigenvalue weighted by molar-refractivity contribution is 7.22. The maximum Gasteiger partial charge on any atom is 0.301 e. The predicted molar refractivity (Wildman–Crippen MR) is 143 cm³/mol. The number of thiazole rings is 1. The molecule has 0 saturated carbocycles. The van der Waals surface area contributed by atoms with Gasteiger partial charge in [0.25, 0.3) is 5.78 Å². The maximum atomic E-state index is 13.4. The summed E-state index contributed by atoms with van der Waals surface area (Å²) in [5.74, 6) is -1.66. The average molecular weight is 498 g/mol. The van der Waals surface area contributed by atoms with Crippen LogP contribution in [0.3, 0.4) is 0 Å². The van der Waals surface area contributed by atoms with Gasteiger partial charge in [-0.15, -0.1) is 0 Å². The highest BCUT2D eigenvalue weighted by Crippen LogP contribution is 2.44. The molecular formula is C29H27N3O3S. The molecule has 1 atom stereocenters. The Morgan fingerprint density at radius 3 is 2.47 bits per heavy atom. The van der Waals surface area contributed by atoms with Gasteiger partial charge in [-0.1, -0.05) is 75.4 Å². The molecule has 0 bridgehead atoms. The van der Waals surface area contributed by atoms with Crippen LogP contribution in [0.2, 0.25) is 0 Å². The lowest BCUT2D eigenvalue weighted by molar-refractivity contribution is -0.132. The molecule has 5 rings (SSSR count). The van der Waals surface area contributed by atoms with Crippen molar-refractivity contribution in [2.24, 2.45) is 0 Å². The van der Waals surface area contributed by atoms with Gasteiger partial charge >= 0.3 is 5.91 Å². The molecule has 6 nitrogen and oxygen atoms in total. The van der Waals surface area contributed by atoms with Crippen molar-refractivity contribution in [3.05, 3.63) is 94.8 Å². The number of aromatic nitrogens is 2. The van der Waals surface area contributed by atoms with Crippen LogP contribution in [0.4, 0.5) is 5.13 Å². The van der Waals surface area contributed by atoms with Gasteiger partial charge in [0, 0.05) is 18.0 Å². The van der Waals surface area contributed by atoms with Crippen molar-refractivity contribution in [3.63, 3.8) is 0 Å². The fourth-order valence-corrected chi connectivity index (χ4v) is 5.45. The first kappa shape index (κ1) is 23.9. The van der Waals surface area contributed by atoms with E-state index < -0.39 is 17.7 Å². The number of carbonyl (C=O) groups is 2. The van der Waals surface area contributed by atoms with Crippen molar-refractivity contribution in [2.45, 2.75) is 45.6 Å². The SMILES string of the molecule is CCc1ccc(/C(O)=C2\C(=O)C(=O)N(c3nc4ccc(C(C)(C)C)cc4s3)C2c2cccnc2)cc1. The molecule has 1 saturated heterocycles. The lowest BCUT2D eigenvalue weighted by atomic mass is 9.87. The summed E-state index contributed by atoms with van der Waals surface area (Å²) in [4.78, 5) is 37.1. The molecule has 3 heterocycles. The van der Waals surface area contributed by atoms with E-state index in [4.69, 9.17) is 4.98 Å². The minimum atomic E-state index is -0.841. The summed E-state index contributed by atoms with van der Waals surface area (Å²) in [7, 11) is 0. The van der Waals surface area contributed by atoms with Crippen LogP contribution in [0.5, 0.6) is 0 Å². The number of fused-ring (bicyclic) bond motifs is 1. The minimum absolute atomic E-state index is 0.0342. The van der Waals surface area contributed by atoms with Crippen molar-refractivity contribution < 1.29 is 14.7 Å². The number of carbonyl (C=O) groups excluding carboxylic acids is 2. The molecule has 1 fully saturated rings. The maximum absolute atomic E-state index is 13.4. The topological polar surface area (TPSA) is 83.4 Å². The molecule has 1 unspecified atom stereocenters. The summed E-state index contributed by atoms with van der Waals surface area (Å²) < 4.78 is 0.930. The van der Waals surface area contributed by atoms with Crippen LogP contribution in [-0.4, -0.2) is 26.8 Å². The van der Waals surface area contributed by atoms with E-state index in [9.17, 15) is 14.7 Å². The third kappa shape index (κ3) is 4.09. The van der Waals surface area contributed by atoms with Crippen LogP contribution in [0, 0.1) is 0 Å². The van der Waals surface area contributed by atoms with E-state index in [1.807, 2.05) is 31.2 Å². The summed E-state index contributed by atoms with van der Waals surface area (Å²) in [5.41, 5.74) is 4.13. The quantitative estimate of drug-likeness (QED) is 0.207. The van der Waals surface area contributed by atoms with Gasteiger partial charge in [-0.3, -0.25) is 19.5 Å². The standard InChI is InChI=1S/C29H27N3O3S/c1-5-17-8-10-18(11-9-17)25(33)23-24(19-7-6-14-30-16-19)32(27(35)26(23)34)28-31-21-13-12-20(29(2,3)4)15-22(21)36-28/h6-16,24,33H,5H2,1-4H3/b25-23+. The highest BCUT2D eigenvalue weighted by atomic mass is 32.1. The van der Waals surface area contributed by atoms with Gasteiger partial charge in [0.1, 0.15) is 5.76 Å². The normalized spacial score (nSPS) is 17.8. The number of hydrogen-bond acceptors (Lipinski definition) is 6. The Labute approximate surface area is 214 Å². The summed E-state index contributed by atoms with van der Waals surface area (Å²) in [6.45, 7) is 8.48. The zero-order chi connectivity index (χ0) is 25.6. The van der Waals surface area contributed by atoms with Gasteiger partial charge in [0.05, 0.1) is 21.8 Å². The third-order valence-electron chi connectivity index (χ3n) is 6.53. The van der Waals surface area contributed by atoms with Gasteiger partial charge in [-0.05, 0) is 46.7 Å². The fraction of sp³-hybridized carbons (Fsp3) is 0.241. The van der Waals surface area contributed by atoms with E-state index in [-0.39, 0.29) is 16.7 Å². The van der Waals surface area contributed by atoms with Crippen LogP contribution in [0.25, 0.3) is 16.0 Å². The Kier molecular flexibility index (Phi) is 5.96. The van der Waals surface area contributed by atoms with Crippen LogP contribution in [-0.2, 0) is 21.4 Å². The monoisotopic (exact) mass is 497 g/mol. The Balaban J connectivity index is 1.68. The molecule has 2 aromatic carbocycles. The first-order valence-corrected chi connectivity index (χ1v) is 12.7.